The minimum atomic E-state index is 0.247. The van der Waals surface area contributed by atoms with E-state index in [1.807, 2.05) is 0 Å². The number of nitrogens with one attached hydrogen (secondary N) is 1. The Morgan fingerprint density at radius 1 is 1.64 bits per heavy atom. The van der Waals surface area contributed by atoms with Crippen molar-refractivity contribution < 1.29 is 4.79 Å². The minimum absolute atomic E-state index is 0.247. The van der Waals surface area contributed by atoms with Gasteiger partial charge in [0.05, 0.1) is 0 Å². The highest BCUT2D eigenvalue weighted by molar-refractivity contribution is 9.09. The van der Waals surface area contributed by atoms with E-state index in [9.17, 15) is 4.79 Å². The predicted molar refractivity (Wildman–Crippen MR) is 62.5 cm³/mol. The lowest BCUT2D eigenvalue weighted by molar-refractivity contribution is -0.123. The fourth-order valence-electron chi connectivity index (χ4n) is 1.60. The molecule has 2 atom stereocenters. The van der Waals surface area contributed by atoms with Crippen LogP contribution in [-0.2, 0) is 4.79 Å². The van der Waals surface area contributed by atoms with E-state index in [-0.39, 0.29) is 17.2 Å². The van der Waals surface area contributed by atoms with Crippen molar-refractivity contribution in [3.05, 3.63) is 0 Å². The van der Waals surface area contributed by atoms with Crippen LogP contribution >= 0.6 is 15.9 Å². The number of amides is 1. The molecule has 1 amide bonds. The molecule has 1 aliphatic carbocycles. The molecule has 0 aromatic heterocycles. The van der Waals surface area contributed by atoms with Gasteiger partial charge in [0.2, 0.25) is 5.91 Å². The summed E-state index contributed by atoms with van der Waals surface area (Å²) < 4.78 is 0. The van der Waals surface area contributed by atoms with Gasteiger partial charge in [0.15, 0.2) is 0 Å². The Morgan fingerprint density at radius 3 is 2.64 bits per heavy atom. The van der Waals surface area contributed by atoms with Crippen LogP contribution in [0.15, 0.2) is 0 Å². The summed E-state index contributed by atoms with van der Waals surface area (Å²) in [6.45, 7) is 7.29. The van der Waals surface area contributed by atoms with Gasteiger partial charge in [0, 0.05) is 17.8 Å². The maximum atomic E-state index is 11.6. The summed E-state index contributed by atoms with van der Waals surface area (Å²) in [6.07, 6.45) is 2.17. The first-order chi connectivity index (χ1) is 6.47. The van der Waals surface area contributed by atoms with Gasteiger partial charge in [0.25, 0.3) is 0 Å². The van der Waals surface area contributed by atoms with E-state index >= 15 is 0 Å². The summed E-state index contributed by atoms with van der Waals surface area (Å²) in [5, 5.41) is 4.04. The fourth-order valence-corrected chi connectivity index (χ4v) is 2.38. The molecule has 1 N–H and O–H groups in total. The SMILES string of the molecule is CC(CCBr)CNC(=O)C1CC1(C)C. The van der Waals surface area contributed by atoms with Crippen molar-refractivity contribution in [3.63, 3.8) is 0 Å². The smallest absolute Gasteiger partial charge is 0.223 e. The number of rotatable bonds is 5. The Labute approximate surface area is 95.0 Å². The Morgan fingerprint density at radius 2 is 2.21 bits per heavy atom. The molecule has 0 radical (unpaired) electrons. The predicted octanol–water partition coefficient (Wildman–Crippen LogP) is 2.57. The summed E-state index contributed by atoms with van der Waals surface area (Å²) in [6, 6.07) is 0. The van der Waals surface area contributed by atoms with E-state index < -0.39 is 0 Å². The maximum absolute atomic E-state index is 11.6. The van der Waals surface area contributed by atoms with Crippen molar-refractivity contribution >= 4 is 21.8 Å². The van der Waals surface area contributed by atoms with Crippen molar-refractivity contribution in [2.75, 3.05) is 11.9 Å². The highest BCUT2D eigenvalue weighted by atomic mass is 79.9. The molecule has 1 saturated carbocycles. The number of halogens is 1. The van der Waals surface area contributed by atoms with Crippen molar-refractivity contribution in [1.82, 2.24) is 5.32 Å². The van der Waals surface area contributed by atoms with Crippen LogP contribution in [0, 0.1) is 17.3 Å². The zero-order valence-electron chi connectivity index (χ0n) is 9.27. The lowest BCUT2D eigenvalue weighted by Crippen LogP contribution is -2.30. The van der Waals surface area contributed by atoms with E-state index in [0.717, 1.165) is 24.7 Å². The molecule has 14 heavy (non-hydrogen) atoms. The molecule has 0 aromatic rings. The Balaban J connectivity index is 2.16. The zero-order chi connectivity index (χ0) is 10.8. The Hall–Kier alpha value is -0.0500. The van der Waals surface area contributed by atoms with Crippen molar-refractivity contribution in [2.45, 2.75) is 33.6 Å². The standard InChI is InChI=1S/C11H20BrNO/c1-8(4-5-12)7-13-10(14)9-6-11(9,2)3/h8-9H,4-7H2,1-3H3,(H,13,14). The normalized spacial score (nSPS) is 25.6. The molecule has 1 rings (SSSR count). The quantitative estimate of drug-likeness (QED) is 0.758. The molecule has 2 unspecified atom stereocenters. The minimum Gasteiger partial charge on any atom is -0.356 e. The third-order valence-corrected chi connectivity index (χ3v) is 3.51. The summed E-state index contributed by atoms with van der Waals surface area (Å²) >= 11 is 3.40. The molecule has 1 fully saturated rings. The molecular formula is C11H20BrNO. The van der Waals surface area contributed by atoms with Gasteiger partial charge in [-0.15, -0.1) is 0 Å². The molecule has 3 heteroatoms. The van der Waals surface area contributed by atoms with Gasteiger partial charge in [-0.2, -0.15) is 0 Å². The topological polar surface area (TPSA) is 29.1 Å². The van der Waals surface area contributed by atoms with Gasteiger partial charge >= 0.3 is 0 Å². The second-order valence-electron chi connectivity index (χ2n) is 5.07. The number of carbonyl (C=O) groups is 1. The average Bonchev–Trinajstić information content (AvgIpc) is 2.72. The lowest BCUT2D eigenvalue weighted by atomic mass is 10.1. The largest absolute Gasteiger partial charge is 0.356 e. The van der Waals surface area contributed by atoms with Crippen LogP contribution in [0.1, 0.15) is 33.6 Å². The third-order valence-electron chi connectivity index (χ3n) is 3.06. The highest BCUT2D eigenvalue weighted by Crippen LogP contribution is 2.51. The van der Waals surface area contributed by atoms with Crippen molar-refractivity contribution in [3.8, 4) is 0 Å². The summed E-state index contributed by atoms with van der Waals surface area (Å²) in [7, 11) is 0. The van der Waals surface area contributed by atoms with Crippen LogP contribution in [0.5, 0.6) is 0 Å². The second-order valence-corrected chi connectivity index (χ2v) is 5.87. The summed E-state index contributed by atoms with van der Waals surface area (Å²) in [5.41, 5.74) is 0.253. The molecule has 0 heterocycles. The molecule has 82 valence electrons. The number of carbonyl (C=O) groups excluding carboxylic acids is 1. The number of alkyl halides is 1. The lowest BCUT2D eigenvalue weighted by Gasteiger charge is -2.11. The maximum Gasteiger partial charge on any atom is 0.223 e. The van der Waals surface area contributed by atoms with Crippen molar-refractivity contribution in [2.24, 2.45) is 17.3 Å². The van der Waals surface area contributed by atoms with Crippen LogP contribution in [-0.4, -0.2) is 17.8 Å². The third kappa shape index (κ3) is 3.26. The number of hydrogen-bond donors (Lipinski definition) is 1. The van der Waals surface area contributed by atoms with Gasteiger partial charge in [-0.3, -0.25) is 4.79 Å². The van der Waals surface area contributed by atoms with Gasteiger partial charge < -0.3 is 5.32 Å². The number of hydrogen-bond acceptors (Lipinski definition) is 1. The highest BCUT2D eigenvalue weighted by Gasteiger charge is 2.50. The van der Waals surface area contributed by atoms with E-state index in [1.165, 1.54) is 0 Å². The molecule has 1 aliphatic rings. The zero-order valence-corrected chi connectivity index (χ0v) is 10.9. The van der Waals surface area contributed by atoms with Gasteiger partial charge in [0.1, 0.15) is 0 Å². The molecule has 0 spiro atoms. The summed E-state index contributed by atoms with van der Waals surface area (Å²) in [4.78, 5) is 11.6. The molecule has 0 saturated heterocycles. The van der Waals surface area contributed by atoms with E-state index in [4.69, 9.17) is 0 Å². The molecule has 0 aliphatic heterocycles. The first kappa shape index (κ1) is 12.0. The first-order valence-electron chi connectivity index (χ1n) is 5.31. The van der Waals surface area contributed by atoms with Crippen LogP contribution in [0.3, 0.4) is 0 Å². The van der Waals surface area contributed by atoms with E-state index in [1.54, 1.807) is 0 Å². The van der Waals surface area contributed by atoms with Crippen molar-refractivity contribution in [1.29, 1.82) is 0 Å². The van der Waals surface area contributed by atoms with Gasteiger partial charge in [-0.1, -0.05) is 36.7 Å². The molecule has 0 bridgehead atoms. The Bertz CT molecular complexity index is 215. The van der Waals surface area contributed by atoms with Gasteiger partial charge in [-0.05, 0) is 24.2 Å². The first-order valence-corrected chi connectivity index (χ1v) is 6.43. The molecular weight excluding hydrogens is 242 g/mol. The van der Waals surface area contributed by atoms with Crippen LogP contribution in [0.2, 0.25) is 0 Å². The van der Waals surface area contributed by atoms with E-state index in [0.29, 0.717) is 5.92 Å². The monoisotopic (exact) mass is 261 g/mol. The van der Waals surface area contributed by atoms with Crippen LogP contribution in [0.25, 0.3) is 0 Å². The van der Waals surface area contributed by atoms with E-state index in [2.05, 4.69) is 42.0 Å². The molecule has 0 aromatic carbocycles. The Kier molecular flexibility index (Phi) is 3.99. The average molecular weight is 262 g/mol. The van der Waals surface area contributed by atoms with Gasteiger partial charge in [-0.25, -0.2) is 0 Å². The fraction of sp³-hybridized carbons (Fsp3) is 0.909. The molecule has 2 nitrogen and oxygen atoms in total. The summed E-state index contributed by atoms with van der Waals surface area (Å²) in [5.74, 6) is 1.08. The second kappa shape index (κ2) is 4.65. The van der Waals surface area contributed by atoms with Crippen LogP contribution in [0.4, 0.5) is 0 Å². The van der Waals surface area contributed by atoms with Crippen LogP contribution < -0.4 is 5.32 Å².